The maximum absolute atomic E-state index is 5.89. The average molecular weight is 368 g/mol. The first-order valence-electron chi connectivity index (χ1n) is 7.95. The van der Waals surface area contributed by atoms with E-state index in [0.29, 0.717) is 0 Å². The Labute approximate surface area is 156 Å². The van der Waals surface area contributed by atoms with Crippen LogP contribution in [0.2, 0.25) is 5.02 Å². The third-order valence-electron chi connectivity index (χ3n) is 3.61. The summed E-state index contributed by atoms with van der Waals surface area (Å²) in [5.74, 6) is 1.03. The van der Waals surface area contributed by atoms with Crippen molar-refractivity contribution in [3.63, 3.8) is 0 Å². The second-order valence-corrected chi connectivity index (χ2v) is 7.04. The molecule has 0 atom stereocenters. The topological polar surface area (TPSA) is 51.8 Å². The molecule has 0 unspecified atom stereocenters. The molecule has 0 amide bonds. The standard InChI is InChI=1S/C11H12N2S.C9H6ClN/c1-2-14-11-8-5-3-4-6-10(8)13-7-9(11)12;10-8-4-3-7-2-1-5-11-9(7)6-8/h3-7H,2,12H2,1H3;1-6H. The van der Waals surface area contributed by atoms with Crippen LogP contribution in [-0.2, 0) is 0 Å². The Kier molecular flexibility index (Phi) is 5.74. The van der Waals surface area contributed by atoms with Crippen molar-refractivity contribution in [2.75, 3.05) is 11.5 Å². The fourth-order valence-corrected chi connectivity index (χ4v) is 3.48. The molecule has 0 aliphatic rings. The number of rotatable bonds is 2. The van der Waals surface area contributed by atoms with E-state index in [1.165, 1.54) is 0 Å². The van der Waals surface area contributed by atoms with Crippen LogP contribution in [0, 0.1) is 0 Å². The van der Waals surface area contributed by atoms with Crippen molar-refractivity contribution in [3.05, 3.63) is 72.0 Å². The van der Waals surface area contributed by atoms with E-state index >= 15 is 0 Å². The summed E-state index contributed by atoms with van der Waals surface area (Å²) in [6.45, 7) is 2.12. The zero-order chi connectivity index (χ0) is 17.6. The molecule has 0 aliphatic heterocycles. The molecule has 0 radical (unpaired) electrons. The number of para-hydroxylation sites is 1. The van der Waals surface area contributed by atoms with Crippen LogP contribution >= 0.6 is 23.4 Å². The van der Waals surface area contributed by atoms with E-state index in [1.54, 1.807) is 24.2 Å². The number of hydrogen-bond donors (Lipinski definition) is 1. The minimum absolute atomic E-state index is 0.733. The molecule has 2 N–H and O–H groups in total. The lowest BCUT2D eigenvalue weighted by Crippen LogP contribution is -1.92. The number of anilines is 1. The normalized spacial score (nSPS) is 10.5. The number of nitrogens with zero attached hydrogens (tertiary/aromatic N) is 2. The smallest absolute Gasteiger partial charge is 0.0716 e. The van der Waals surface area contributed by atoms with E-state index in [1.807, 2.05) is 48.5 Å². The first-order valence-corrected chi connectivity index (χ1v) is 9.31. The van der Waals surface area contributed by atoms with Gasteiger partial charge in [-0.2, -0.15) is 0 Å². The summed E-state index contributed by atoms with van der Waals surface area (Å²) < 4.78 is 0. The fourth-order valence-electron chi connectivity index (χ4n) is 2.48. The van der Waals surface area contributed by atoms with Gasteiger partial charge in [-0.25, -0.2) is 0 Å². The number of thioether (sulfide) groups is 1. The number of nitrogen functional groups attached to an aromatic ring is 1. The Hall–Kier alpha value is -2.30. The fraction of sp³-hybridized carbons (Fsp3) is 0.100. The van der Waals surface area contributed by atoms with Crippen molar-refractivity contribution < 1.29 is 0 Å². The van der Waals surface area contributed by atoms with Crippen molar-refractivity contribution in [3.8, 4) is 0 Å². The van der Waals surface area contributed by atoms with Crippen molar-refractivity contribution in [2.24, 2.45) is 0 Å². The highest BCUT2D eigenvalue weighted by Crippen LogP contribution is 2.31. The van der Waals surface area contributed by atoms with Crippen LogP contribution in [0.1, 0.15) is 6.92 Å². The van der Waals surface area contributed by atoms with Crippen LogP contribution in [0.5, 0.6) is 0 Å². The Bertz CT molecular complexity index is 1000. The molecule has 25 heavy (non-hydrogen) atoms. The van der Waals surface area contributed by atoms with E-state index in [4.69, 9.17) is 17.3 Å². The van der Waals surface area contributed by atoms with E-state index in [2.05, 4.69) is 23.0 Å². The molecule has 4 aromatic rings. The molecule has 0 saturated heterocycles. The van der Waals surface area contributed by atoms with Gasteiger partial charge in [-0.3, -0.25) is 9.97 Å². The highest BCUT2D eigenvalue weighted by Gasteiger charge is 2.05. The summed E-state index contributed by atoms with van der Waals surface area (Å²) in [7, 11) is 0. The molecule has 2 aromatic carbocycles. The number of halogens is 1. The zero-order valence-electron chi connectivity index (χ0n) is 13.8. The minimum atomic E-state index is 0.733. The lowest BCUT2D eigenvalue weighted by molar-refractivity contribution is 1.35. The van der Waals surface area contributed by atoms with Gasteiger partial charge in [0.15, 0.2) is 0 Å². The van der Waals surface area contributed by atoms with Gasteiger partial charge in [-0.1, -0.05) is 48.9 Å². The monoisotopic (exact) mass is 367 g/mol. The minimum Gasteiger partial charge on any atom is -0.397 e. The Balaban J connectivity index is 0.000000150. The molecule has 126 valence electrons. The van der Waals surface area contributed by atoms with Crippen LogP contribution in [0.3, 0.4) is 0 Å². The van der Waals surface area contributed by atoms with Crippen LogP contribution < -0.4 is 5.73 Å². The third-order valence-corrected chi connectivity index (χ3v) is 4.88. The second-order valence-electron chi connectivity index (χ2n) is 5.33. The molecule has 4 rings (SSSR count). The number of hydrogen-bond acceptors (Lipinski definition) is 4. The van der Waals surface area contributed by atoms with Gasteiger partial charge in [-0.15, -0.1) is 11.8 Å². The number of fused-ring (bicyclic) bond motifs is 2. The SMILES string of the molecule is CCSc1c(N)cnc2ccccc12.Clc1ccc2cccnc2c1. The molecule has 2 aromatic heterocycles. The van der Waals surface area contributed by atoms with E-state index < -0.39 is 0 Å². The average Bonchev–Trinajstić information content (AvgIpc) is 2.64. The van der Waals surface area contributed by atoms with Crippen LogP contribution in [0.4, 0.5) is 5.69 Å². The quantitative estimate of drug-likeness (QED) is 0.454. The van der Waals surface area contributed by atoms with Gasteiger partial charge in [-0.05, 0) is 30.0 Å². The van der Waals surface area contributed by atoms with Crippen LogP contribution in [0.25, 0.3) is 21.8 Å². The van der Waals surface area contributed by atoms with Gasteiger partial charge in [0.05, 0.1) is 22.9 Å². The summed E-state index contributed by atoms with van der Waals surface area (Å²) in [6, 6.07) is 17.7. The first-order chi connectivity index (χ1) is 12.2. The molecule has 3 nitrogen and oxygen atoms in total. The molecule has 0 spiro atoms. The first kappa shape index (κ1) is 17.5. The maximum Gasteiger partial charge on any atom is 0.0716 e. The number of nitrogens with two attached hydrogens (primary N) is 1. The Morgan fingerprint density at radius 1 is 1.00 bits per heavy atom. The highest BCUT2D eigenvalue weighted by molar-refractivity contribution is 7.99. The predicted octanol–water partition coefficient (Wildman–Crippen LogP) is 5.82. The maximum atomic E-state index is 5.89. The van der Waals surface area contributed by atoms with Crippen molar-refractivity contribution in [1.29, 1.82) is 0 Å². The number of benzene rings is 2. The summed E-state index contributed by atoms with van der Waals surface area (Å²) in [4.78, 5) is 9.59. The van der Waals surface area contributed by atoms with Crippen LogP contribution in [0.15, 0.2) is 71.9 Å². The van der Waals surface area contributed by atoms with E-state index in [0.717, 1.165) is 43.2 Å². The lowest BCUT2D eigenvalue weighted by Gasteiger charge is -2.07. The van der Waals surface area contributed by atoms with E-state index in [-0.39, 0.29) is 0 Å². The molecular weight excluding hydrogens is 350 g/mol. The van der Waals surface area contributed by atoms with Crippen LogP contribution in [-0.4, -0.2) is 15.7 Å². The molecule has 5 heteroatoms. The molecule has 0 fully saturated rings. The van der Waals surface area contributed by atoms with Gasteiger partial charge in [0, 0.05) is 26.9 Å². The molecule has 2 heterocycles. The molecule has 0 bridgehead atoms. The Morgan fingerprint density at radius 2 is 1.84 bits per heavy atom. The molecule has 0 aliphatic carbocycles. The predicted molar refractivity (Wildman–Crippen MR) is 109 cm³/mol. The zero-order valence-corrected chi connectivity index (χ0v) is 15.4. The third kappa shape index (κ3) is 4.21. The van der Waals surface area contributed by atoms with Gasteiger partial charge in [0.2, 0.25) is 0 Å². The van der Waals surface area contributed by atoms with Crippen molar-refractivity contribution >= 4 is 50.9 Å². The van der Waals surface area contributed by atoms with Gasteiger partial charge in [0.1, 0.15) is 0 Å². The van der Waals surface area contributed by atoms with E-state index in [9.17, 15) is 0 Å². The summed E-state index contributed by atoms with van der Waals surface area (Å²) >= 11 is 7.55. The largest absolute Gasteiger partial charge is 0.397 e. The Morgan fingerprint density at radius 3 is 2.68 bits per heavy atom. The van der Waals surface area contributed by atoms with Crippen molar-refractivity contribution in [2.45, 2.75) is 11.8 Å². The lowest BCUT2D eigenvalue weighted by atomic mass is 10.2. The van der Waals surface area contributed by atoms with Gasteiger partial charge in [0.25, 0.3) is 0 Å². The molecular formula is C20H18ClN3S. The molecule has 0 saturated carbocycles. The summed E-state index contributed by atoms with van der Waals surface area (Å²) in [5.41, 5.74) is 8.62. The van der Waals surface area contributed by atoms with Crippen molar-refractivity contribution in [1.82, 2.24) is 9.97 Å². The second kappa shape index (κ2) is 8.19. The summed E-state index contributed by atoms with van der Waals surface area (Å²) in [5, 5.41) is 3.01. The van der Waals surface area contributed by atoms with Gasteiger partial charge >= 0.3 is 0 Å². The number of pyridine rings is 2. The highest BCUT2D eigenvalue weighted by atomic mass is 35.5. The number of aromatic nitrogens is 2. The summed E-state index contributed by atoms with van der Waals surface area (Å²) in [6.07, 6.45) is 3.50. The van der Waals surface area contributed by atoms with Gasteiger partial charge < -0.3 is 5.73 Å².